The minimum atomic E-state index is 0.947. The lowest BCUT2D eigenvalue weighted by molar-refractivity contribution is 0.276. The van der Waals surface area contributed by atoms with Gasteiger partial charge in [-0.1, -0.05) is 54.4 Å². The van der Waals surface area contributed by atoms with Gasteiger partial charge in [0, 0.05) is 0 Å². The molecular weight excluding hydrogens is 180 g/mol. The summed E-state index contributed by atoms with van der Waals surface area (Å²) in [6.07, 6.45) is 7.71. The van der Waals surface area contributed by atoms with Crippen molar-refractivity contribution in [1.29, 1.82) is 0 Å². The van der Waals surface area contributed by atoms with Crippen LogP contribution < -0.4 is 0 Å². The first-order valence-electron chi connectivity index (χ1n) is 7.29. The molecule has 0 nitrogen and oxygen atoms in total. The molecule has 0 aromatic rings. The van der Waals surface area contributed by atoms with Crippen molar-refractivity contribution in [3.05, 3.63) is 0 Å². The van der Waals surface area contributed by atoms with Crippen LogP contribution in [0.4, 0.5) is 0 Å². The van der Waals surface area contributed by atoms with Crippen LogP contribution in [0.5, 0.6) is 0 Å². The summed E-state index contributed by atoms with van der Waals surface area (Å²) in [6, 6.07) is 0. The molecule has 3 atom stereocenters. The topological polar surface area (TPSA) is 0 Å². The van der Waals surface area contributed by atoms with Crippen molar-refractivity contribution >= 4 is 0 Å². The Hall–Kier alpha value is 0. The highest BCUT2D eigenvalue weighted by atomic mass is 14.4. The zero-order chi connectivity index (χ0) is 11.8. The van der Waals surface area contributed by atoms with Crippen molar-refractivity contribution in [3.63, 3.8) is 0 Å². The predicted octanol–water partition coefficient (Wildman–Crippen LogP) is 5.52. The fraction of sp³-hybridized carbons (Fsp3) is 1.00. The van der Waals surface area contributed by atoms with E-state index in [0.717, 1.165) is 23.7 Å². The first kappa shape index (κ1) is 15.0. The van der Waals surface area contributed by atoms with Gasteiger partial charge in [-0.3, -0.25) is 0 Å². The van der Waals surface area contributed by atoms with Crippen molar-refractivity contribution in [2.24, 2.45) is 23.7 Å². The molecule has 2 aliphatic rings. The summed E-state index contributed by atoms with van der Waals surface area (Å²) in [5.41, 5.74) is 0. The Balaban J connectivity index is 0.000000442. The van der Waals surface area contributed by atoms with Crippen molar-refractivity contribution in [2.75, 3.05) is 0 Å². The highest BCUT2D eigenvalue weighted by Crippen LogP contribution is 2.49. The van der Waals surface area contributed by atoms with Crippen LogP contribution in [0.2, 0.25) is 0 Å². The van der Waals surface area contributed by atoms with E-state index in [1.54, 1.807) is 19.3 Å². The van der Waals surface area contributed by atoms with Gasteiger partial charge in [0.15, 0.2) is 0 Å². The van der Waals surface area contributed by atoms with Gasteiger partial charge in [0.1, 0.15) is 0 Å². The molecule has 0 radical (unpaired) electrons. The Bertz CT molecular complexity index is 137. The molecule has 0 heteroatoms. The summed E-state index contributed by atoms with van der Waals surface area (Å²) in [5, 5.41) is 0. The van der Waals surface area contributed by atoms with Crippen molar-refractivity contribution in [1.82, 2.24) is 0 Å². The molecule has 0 aromatic heterocycles. The highest BCUT2D eigenvalue weighted by Gasteiger charge is 2.39. The maximum atomic E-state index is 2.41. The average molecular weight is 212 g/mol. The van der Waals surface area contributed by atoms with E-state index in [-0.39, 0.29) is 0 Å². The summed E-state index contributed by atoms with van der Waals surface area (Å²) in [5.74, 6) is 4.31. The van der Waals surface area contributed by atoms with Crippen LogP contribution >= 0.6 is 0 Å². The lowest BCUT2D eigenvalue weighted by Crippen LogP contribution is -2.14. The fourth-order valence-electron chi connectivity index (χ4n) is 3.44. The van der Waals surface area contributed by atoms with Gasteiger partial charge < -0.3 is 0 Å². The molecule has 3 unspecified atom stereocenters. The minimum absolute atomic E-state index is 0.947. The van der Waals surface area contributed by atoms with Crippen LogP contribution in [0.3, 0.4) is 0 Å². The number of fused-ring (bicyclic) bond motifs is 1. The summed E-state index contributed by atoms with van der Waals surface area (Å²) < 4.78 is 0. The van der Waals surface area contributed by atoms with Crippen LogP contribution in [-0.4, -0.2) is 0 Å². The third kappa shape index (κ3) is 3.81. The number of rotatable bonds is 1. The van der Waals surface area contributed by atoms with Crippen LogP contribution in [0.15, 0.2) is 0 Å². The molecule has 0 heterocycles. The maximum Gasteiger partial charge on any atom is -0.0355 e. The molecule has 2 saturated carbocycles. The van der Waals surface area contributed by atoms with Gasteiger partial charge in [0.25, 0.3) is 0 Å². The van der Waals surface area contributed by atoms with Crippen molar-refractivity contribution in [2.45, 2.75) is 73.6 Å². The zero-order valence-electron chi connectivity index (χ0n) is 11.8. The Morgan fingerprint density at radius 1 is 0.800 bits per heavy atom. The predicted molar refractivity (Wildman–Crippen MR) is 71.1 cm³/mol. The van der Waals surface area contributed by atoms with E-state index in [9.17, 15) is 0 Å². The SMILES string of the molecule is CC.CC.CC(C)C1CCC2CCCC21. The van der Waals surface area contributed by atoms with Crippen LogP contribution in [0.1, 0.15) is 73.6 Å². The molecule has 2 rings (SSSR count). The van der Waals surface area contributed by atoms with Gasteiger partial charge >= 0.3 is 0 Å². The molecule has 0 bridgehead atoms. The first-order chi connectivity index (χ1) is 7.29. The van der Waals surface area contributed by atoms with Gasteiger partial charge in [0.2, 0.25) is 0 Å². The number of hydrogen-bond donors (Lipinski definition) is 0. The van der Waals surface area contributed by atoms with E-state index in [2.05, 4.69) is 13.8 Å². The van der Waals surface area contributed by atoms with E-state index < -0.39 is 0 Å². The third-order valence-corrected chi connectivity index (χ3v) is 3.99. The zero-order valence-corrected chi connectivity index (χ0v) is 11.8. The van der Waals surface area contributed by atoms with Crippen LogP contribution in [0, 0.1) is 23.7 Å². The van der Waals surface area contributed by atoms with E-state index in [1.807, 2.05) is 27.7 Å². The Kier molecular flexibility index (Phi) is 8.19. The fourth-order valence-corrected chi connectivity index (χ4v) is 3.44. The molecule has 2 aliphatic carbocycles. The molecule has 15 heavy (non-hydrogen) atoms. The average Bonchev–Trinajstić information content (AvgIpc) is 2.84. The Morgan fingerprint density at radius 2 is 1.40 bits per heavy atom. The lowest BCUT2D eigenvalue weighted by atomic mass is 9.84. The monoisotopic (exact) mass is 212 g/mol. The van der Waals surface area contributed by atoms with Crippen LogP contribution in [0.25, 0.3) is 0 Å². The van der Waals surface area contributed by atoms with E-state index >= 15 is 0 Å². The van der Waals surface area contributed by atoms with Gasteiger partial charge in [0.05, 0.1) is 0 Å². The first-order valence-corrected chi connectivity index (χ1v) is 7.29. The van der Waals surface area contributed by atoms with Gasteiger partial charge in [-0.25, -0.2) is 0 Å². The summed E-state index contributed by atoms with van der Waals surface area (Å²) in [7, 11) is 0. The highest BCUT2D eigenvalue weighted by molar-refractivity contribution is 4.90. The Labute approximate surface area is 97.8 Å². The quantitative estimate of drug-likeness (QED) is 0.537. The minimum Gasteiger partial charge on any atom is -0.0683 e. The second-order valence-electron chi connectivity index (χ2n) is 4.84. The molecule has 0 aliphatic heterocycles. The largest absolute Gasteiger partial charge is 0.0683 e. The molecule has 0 saturated heterocycles. The molecule has 0 N–H and O–H groups in total. The van der Waals surface area contributed by atoms with Crippen molar-refractivity contribution in [3.8, 4) is 0 Å². The molecule has 0 spiro atoms. The molecule has 0 aromatic carbocycles. The summed E-state index contributed by atoms with van der Waals surface area (Å²) in [6.45, 7) is 12.8. The standard InChI is InChI=1S/C11H20.2C2H6/c1-8(2)10-7-6-9-4-3-5-11(9)10;2*1-2/h8-11H,3-7H2,1-2H3;2*1-2H3. The summed E-state index contributed by atoms with van der Waals surface area (Å²) >= 11 is 0. The smallest absolute Gasteiger partial charge is 0.0355 e. The number of hydrogen-bond acceptors (Lipinski definition) is 0. The van der Waals surface area contributed by atoms with Gasteiger partial charge in [-0.05, 0) is 42.9 Å². The van der Waals surface area contributed by atoms with Gasteiger partial charge in [-0.15, -0.1) is 0 Å². The van der Waals surface area contributed by atoms with Crippen LogP contribution in [-0.2, 0) is 0 Å². The molecular formula is C15H32. The maximum absolute atomic E-state index is 2.41. The second-order valence-corrected chi connectivity index (χ2v) is 4.84. The lowest BCUT2D eigenvalue weighted by Gasteiger charge is -2.21. The summed E-state index contributed by atoms with van der Waals surface area (Å²) in [4.78, 5) is 0. The molecule has 2 fully saturated rings. The van der Waals surface area contributed by atoms with Crippen molar-refractivity contribution < 1.29 is 0 Å². The third-order valence-electron chi connectivity index (χ3n) is 3.99. The molecule has 0 amide bonds. The molecule has 92 valence electrons. The normalized spacial score (nSPS) is 32.6. The van der Waals surface area contributed by atoms with E-state index in [1.165, 1.54) is 12.8 Å². The Morgan fingerprint density at radius 3 is 1.93 bits per heavy atom. The van der Waals surface area contributed by atoms with Gasteiger partial charge in [-0.2, -0.15) is 0 Å². The van der Waals surface area contributed by atoms with E-state index in [0.29, 0.717) is 0 Å². The van der Waals surface area contributed by atoms with E-state index in [4.69, 9.17) is 0 Å². The second kappa shape index (κ2) is 8.19.